The number of H-pyrrole nitrogens is 1. The van der Waals surface area contributed by atoms with Gasteiger partial charge in [-0.2, -0.15) is 0 Å². The van der Waals surface area contributed by atoms with Crippen molar-refractivity contribution in [2.75, 3.05) is 7.11 Å². The van der Waals surface area contributed by atoms with Crippen LogP contribution in [-0.4, -0.2) is 40.0 Å². The van der Waals surface area contributed by atoms with Crippen LogP contribution < -0.4 is 0 Å². The predicted molar refractivity (Wildman–Crippen MR) is 73.3 cm³/mol. The highest BCUT2D eigenvalue weighted by atomic mass is 16.6. The van der Waals surface area contributed by atoms with Crippen molar-refractivity contribution in [3.63, 3.8) is 0 Å². The number of aliphatic hydroxyl groups is 1. The average molecular weight is 272 g/mol. The van der Waals surface area contributed by atoms with Gasteiger partial charge < -0.3 is 14.8 Å². The van der Waals surface area contributed by atoms with E-state index in [9.17, 15) is 9.59 Å². The van der Waals surface area contributed by atoms with E-state index in [0.29, 0.717) is 6.29 Å². The lowest BCUT2D eigenvalue weighted by atomic mass is 10.2. The summed E-state index contributed by atoms with van der Waals surface area (Å²) in [6, 6.07) is 0. The van der Waals surface area contributed by atoms with Gasteiger partial charge in [0.1, 0.15) is 11.3 Å². The maximum absolute atomic E-state index is 11.4. The molecule has 110 valence electrons. The molecular weight excluding hydrogens is 248 g/mol. The number of aldehydes is 1. The van der Waals surface area contributed by atoms with Crippen molar-refractivity contribution < 1.29 is 19.4 Å². The van der Waals surface area contributed by atoms with Crippen molar-refractivity contribution >= 4 is 12.3 Å². The smallest absolute Gasteiger partial charge is 0.356 e. The Morgan fingerprint density at radius 2 is 1.89 bits per heavy atom. The Balaban J connectivity index is 0. The van der Waals surface area contributed by atoms with Crippen LogP contribution >= 0.6 is 0 Å². The van der Waals surface area contributed by atoms with Crippen molar-refractivity contribution in [3.8, 4) is 0 Å². The molecule has 0 spiro atoms. The maximum atomic E-state index is 11.4. The summed E-state index contributed by atoms with van der Waals surface area (Å²) in [4.78, 5) is 27.9. The molecule has 0 bridgehead atoms. The minimum absolute atomic E-state index is 0.117. The number of aliphatic hydroxyl groups excluding tert-OH is 1. The molecule has 0 amide bonds. The molecule has 0 aliphatic carbocycles. The molecule has 0 atom stereocenters. The minimum atomic E-state index is -0.552. The summed E-state index contributed by atoms with van der Waals surface area (Å²) in [6.07, 6.45) is 3.06. The number of nitrogens with one attached hydrogen (secondary N) is 1. The number of hydrogen-bond acceptors (Lipinski definition) is 5. The normalized spacial score (nSPS) is 9.42. The van der Waals surface area contributed by atoms with Gasteiger partial charge in [0.2, 0.25) is 0 Å². The van der Waals surface area contributed by atoms with Crippen molar-refractivity contribution in [1.29, 1.82) is 0 Å². The first-order valence-corrected chi connectivity index (χ1v) is 6.02. The Hall–Kier alpha value is -1.69. The lowest BCUT2D eigenvalue weighted by Crippen LogP contribution is -2.24. The first kappa shape index (κ1) is 19.6. The molecule has 0 radical (unpaired) electrons. The van der Waals surface area contributed by atoms with Crippen LogP contribution in [0.25, 0.3) is 0 Å². The number of rotatable bonds is 2. The first-order valence-electron chi connectivity index (χ1n) is 6.02. The summed E-state index contributed by atoms with van der Waals surface area (Å²) in [7, 11) is 1.00. The quantitative estimate of drug-likeness (QED) is 0.636. The number of esters is 1. The van der Waals surface area contributed by atoms with Crippen LogP contribution in [0.5, 0.6) is 0 Å². The molecule has 0 unspecified atom stereocenters. The van der Waals surface area contributed by atoms with Crippen molar-refractivity contribution in [1.82, 2.24) is 9.97 Å². The standard InChI is InChI=1S/C9H12N2O3.C3H8.CH4O/c1-9(2,3)14-8(13)6-4-10-7(5-12)11-6;1-3-2;1-2/h4-5H,1-3H3,(H,10,11);3H2,1-2H3;2H,1H3. The second-order valence-electron chi connectivity index (χ2n) is 4.51. The highest BCUT2D eigenvalue weighted by molar-refractivity contribution is 5.88. The van der Waals surface area contributed by atoms with Gasteiger partial charge in [0, 0.05) is 7.11 Å². The molecule has 1 heterocycles. The van der Waals surface area contributed by atoms with Gasteiger partial charge in [-0.3, -0.25) is 4.79 Å². The first-order chi connectivity index (χ1) is 8.84. The van der Waals surface area contributed by atoms with Gasteiger partial charge in [-0.15, -0.1) is 0 Å². The number of carbonyl (C=O) groups excluding carboxylic acids is 2. The van der Waals surface area contributed by atoms with Crippen LogP contribution in [0, 0.1) is 0 Å². The molecule has 0 aliphatic rings. The van der Waals surface area contributed by atoms with Crippen LogP contribution in [0.3, 0.4) is 0 Å². The Morgan fingerprint density at radius 1 is 1.42 bits per heavy atom. The van der Waals surface area contributed by atoms with E-state index in [1.165, 1.54) is 12.6 Å². The van der Waals surface area contributed by atoms with Crippen LogP contribution in [0.2, 0.25) is 0 Å². The summed E-state index contributed by atoms with van der Waals surface area (Å²) in [5.74, 6) is -0.399. The SMILES string of the molecule is CC(C)(C)OC(=O)c1cnc(C=O)[nH]1.CCC.CO. The van der Waals surface area contributed by atoms with Gasteiger partial charge in [-0.05, 0) is 20.8 Å². The molecule has 6 heteroatoms. The summed E-state index contributed by atoms with van der Waals surface area (Å²) in [6.45, 7) is 9.55. The van der Waals surface area contributed by atoms with Crippen LogP contribution in [-0.2, 0) is 4.74 Å². The average Bonchev–Trinajstić information content (AvgIpc) is 2.79. The van der Waals surface area contributed by atoms with Gasteiger partial charge in [0.15, 0.2) is 12.1 Å². The monoisotopic (exact) mass is 272 g/mol. The molecule has 0 aliphatic heterocycles. The number of nitrogens with zero attached hydrogens (tertiary/aromatic N) is 1. The fourth-order valence-corrected chi connectivity index (χ4v) is 0.833. The van der Waals surface area contributed by atoms with Crippen molar-refractivity contribution in [2.45, 2.75) is 46.6 Å². The summed E-state index contributed by atoms with van der Waals surface area (Å²) in [5, 5.41) is 7.00. The van der Waals surface area contributed by atoms with E-state index < -0.39 is 11.6 Å². The van der Waals surface area contributed by atoms with E-state index in [1.54, 1.807) is 20.8 Å². The lowest BCUT2D eigenvalue weighted by molar-refractivity contribution is 0.00634. The van der Waals surface area contributed by atoms with Crippen LogP contribution in [0.1, 0.15) is 62.1 Å². The topological polar surface area (TPSA) is 92.3 Å². The summed E-state index contributed by atoms with van der Waals surface area (Å²) < 4.78 is 5.06. The van der Waals surface area contributed by atoms with Gasteiger partial charge in [-0.1, -0.05) is 20.3 Å². The second kappa shape index (κ2) is 10.3. The minimum Gasteiger partial charge on any atom is -0.455 e. The summed E-state index contributed by atoms with van der Waals surface area (Å²) in [5.41, 5.74) is -0.370. The Kier molecular flexibility index (Phi) is 10.6. The molecule has 6 nitrogen and oxygen atoms in total. The molecule has 0 aromatic carbocycles. The largest absolute Gasteiger partial charge is 0.455 e. The van der Waals surface area contributed by atoms with Crippen LogP contribution in [0.4, 0.5) is 0 Å². The maximum Gasteiger partial charge on any atom is 0.356 e. The molecule has 0 saturated carbocycles. The second-order valence-corrected chi connectivity index (χ2v) is 4.51. The van der Waals surface area contributed by atoms with E-state index in [-0.39, 0.29) is 11.5 Å². The highest BCUT2D eigenvalue weighted by Crippen LogP contribution is 2.10. The molecule has 1 aromatic rings. The zero-order valence-electron chi connectivity index (χ0n) is 12.5. The molecular formula is C13H24N2O4. The Labute approximate surface area is 114 Å². The van der Waals surface area contributed by atoms with Gasteiger partial charge in [0.05, 0.1) is 6.20 Å². The lowest BCUT2D eigenvalue weighted by Gasteiger charge is -2.18. The number of aromatic nitrogens is 2. The van der Waals surface area contributed by atoms with Crippen LogP contribution in [0.15, 0.2) is 6.20 Å². The van der Waals surface area contributed by atoms with Gasteiger partial charge in [0.25, 0.3) is 0 Å². The molecule has 2 N–H and O–H groups in total. The molecule has 1 rings (SSSR count). The van der Waals surface area contributed by atoms with E-state index >= 15 is 0 Å². The van der Waals surface area contributed by atoms with Crippen molar-refractivity contribution in [3.05, 3.63) is 17.7 Å². The zero-order chi connectivity index (χ0) is 15.5. The van der Waals surface area contributed by atoms with E-state index in [2.05, 4.69) is 23.8 Å². The third-order valence-electron chi connectivity index (χ3n) is 1.33. The molecule has 1 aromatic heterocycles. The zero-order valence-corrected chi connectivity index (χ0v) is 12.5. The number of carbonyl (C=O) groups is 2. The highest BCUT2D eigenvalue weighted by Gasteiger charge is 2.19. The van der Waals surface area contributed by atoms with E-state index in [0.717, 1.165) is 7.11 Å². The van der Waals surface area contributed by atoms with E-state index in [1.807, 2.05) is 0 Å². The molecule has 19 heavy (non-hydrogen) atoms. The van der Waals surface area contributed by atoms with Gasteiger partial charge >= 0.3 is 5.97 Å². The molecule has 0 saturated heterocycles. The summed E-state index contributed by atoms with van der Waals surface area (Å²) >= 11 is 0. The van der Waals surface area contributed by atoms with Gasteiger partial charge in [-0.25, -0.2) is 9.78 Å². The number of ether oxygens (including phenoxy) is 1. The predicted octanol–water partition coefficient (Wildman–Crippen LogP) is 2.20. The third-order valence-corrected chi connectivity index (χ3v) is 1.33. The number of hydrogen-bond donors (Lipinski definition) is 2. The number of aromatic amines is 1. The van der Waals surface area contributed by atoms with Crippen molar-refractivity contribution in [2.24, 2.45) is 0 Å². The number of imidazole rings is 1. The third kappa shape index (κ3) is 9.96. The molecule has 0 fully saturated rings. The Morgan fingerprint density at radius 3 is 2.21 bits per heavy atom. The fourth-order valence-electron chi connectivity index (χ4n) is 0.833. The Bertz CT molecular complexity index is 367. The fraction of sp³-hybridized carbons (Fsp3) is 0.615. The van der Waals surface area contributed by atoms with E-state index in [4.69, 9.17) is 9.84 Å².